The average Bonchev–Trinajstić information content (AvgIpc) is 2.43. The molecule has 5 nitrogen and oxygen atoms in total. The van der Waals surface area contributed by atoms with Gasteiger partial charge in [-0.3, -0.25) is 15.6 Å². The van der Waals surface area contributed by atoms with Crippen LogP contribution in [0.25, 0.3) is 0 Å². The molecule has 1 heterocycles. The molecule has 0 saturated carbocycles. The summed E-state index contributed by atoms with van der Waals surface area (Å²) in [6.45, 7) is 1.96. The maximum absolute atomic E-state index is 12.2. The summed E-state index contributed by atoms with van der Waals surface area (Å²) < 4.78 is 0.861. The number of nitrogens with one attached hydrogen (secondary N) is 2. The molecule has 6 heteroatoms. The van der Waals surface area contributed by atoms with Crippen molar-refractivity contribution in [3.8, 4) is 0 Å². The first-order valence-corrected chi connectivity index (χ1v) is 6.40. The first-order chi connectivity index (χ1) is 9.13. The summed E-state index contributed by atoms with van der Waals surface area (Å²) in [6, 6.07) is 7.27. The van der Waals surface area contributed by atoms with Crippen LogP contribution in [-0.4, -0.2) is 10.9 Å². The van der Waals surface area contributed by atoms with Crippen LogP contribution in [0.3, 0.4) is 0 Å². The van der Waals surface area contributed by atoms with E-state index >= 15 is 0 Å². The molecule has 2 aromatic rings. The second-order valence-corrected chi connectivity index (χ2v) is 4.75. The lowest BCUT2D eigenvalue weighted by atomic mass is 10.2. The summed E-state index contributed by atoms with van der Waals surface area (Å²) >= 11 is 3.45. The van der Waals surface area contributed by atoms with E-state index in [4.69, 9.17) is 5.84 Å². The molecular formula is C13H13BrN4O. The number of carbonyl (C=O) groups is 1. The predicted octanol–water partition coefficient (Wildman–Crippen LogP) is 2.69. The Balaban J connectivity index is 2.28. The van der Waals surface area contributed by atoms with Crippen molar-refractivity contribution in [2.24, 2.45) is 5.84 Å². The van der Waals surface area contributed by atoms with Gasteiger partial charge >= 0.3 is 0 Å². The molecule has 0 saturated heterocycles. The Morgan fingerprint density at radius 3 is 2.84 bits per heavy atom. The SMILES string of the molecule is Cc1cccc(NC(=O)c2ccncc2NN)c1Br. The quantitative estimate of drug-likeness (QED) is 0.600. The molecule has 0 aliphatic heterocycles. The summed E-state index contributed by atoms with van der Waals surface area (Å²) in [5, 5.41) is 2.83. The number of carbonyl (C=O) groups excluding carboxylic acids is 1. The Bertz CT molecular complexity index is 615. The minimum absolute atomic E-state index is 0.248. The van der Waals surface area contributed by atoms with Crippen LogP contribution in [-0.2, 0) is 0 Å². The van der Waals surface area contributed by atoms with Gasteiger partial charge in [0.15, 0.2) is 0 Å². The largest absolute Gasteiger partial charge is 0.322 e. The maximum Gasteiger partial charge on any atom is 0.257 e. The van der Waals surface area contributed by atoms with Gasteiger partial charge in [-0.2, -0.15) is 0 Å². The van der Waals surface area contributed by atoms with E-state index in [9.17, 15) is 4.79 Å². The van der Waals surface area contributed by atoms with E-state index < -0.39 is 0 Å². The number of halogens is 1. The number of nitrogens with zero attached hydrogens (tertiary/aromatic N) is 1. The third-order valence-electron chi connectivity index (χ3n) is 2.66. The highest BCUT2D eigenvalue weighted by Gasteiger charge is 2.12. The molecule has 1 aromatic carbocycles. The first kappa shape index (κ1) is 13.5. The smallest absolute Gasteiger partial charge is 0.257 e. The molecule has 0 spiro atoms. The third kappa shape index (κ3) is 2.91. The Morgan fingerprint density at radius 1 is 1.32 bits per heavy atom. The van der Waals surface area contributed by atoms with Gasteiger partial charge in [-0.1, -0.05) is 12.1 Å². The van der Waals surface area contributed by atoms with E-state index in [1.165, 1.54) is 6.20 Å². The second-order valence-electron chi connectivity index (χ2n) is 3.96. The van der Waals surface area contributed by atoms with E-state index in [-0.39, 0.29) is 5.91 Å². The molecule has 0 aliphatic carbocycles. The summed E-state index contributed by atoms with van der Waals surface area (Å²) in [7, 11) is 0. The van der Waals surface area contributed by atoms with Gasteiger partial charge in [-0.15, -0.1) is 0 Å². The van der Waals surface area contributed by atoms with Crippen LogP contribution < -0.4 is 16.6 Å². The fourth-order valence-electron chi connectivity index (χ4n) is 1.64. The number of rotatable bonds is 3. The summed E-state index contributed by atoms with van der Waals surface area (Å²) in [4.78, 5) is 16.1. The average molecular weight is 321 g/mol. The number of nitrogen functional groups attached to an aromatic ring is 1. The van der Waals surface area contributed by atoms with Crippen LogP contribution in [0.1, 0.15) is 15.9 Å². The first-order valence-electron chi connectivity index (χ1n) is 5.60. The van der Waals surface area contributed by atoms with Crippen LogP contribution in [0.5, 0.6) is 0 Å². The Labute approximate surface area is 119 Å². The number of hydrogen-bond acceptors (Lipinski definition) is 4. The number of pyridine rings is 1. The van der Waals surface area contributed by atoms with E-state index in [0.29, 0.717) is 16.9 Å². The van der Waals surface area contributed by atoms with Gasteiger partial charge in [0.25, 0.3) is 5.91 Å². The molecule has 0 fully saturated rings. The number of aromatic nitrogens is 1. The summed E-state index contributed by atoms with van der Waals surface area (Å²) in [5.74, 6) is 5.11. The number of benzene rings is 1. The second kappa shape index (κ2) is 5.81. The van der Waals surface area contributed by atoms with Crippen molar-refractivity contribution in [1.29, 1.82) is 0 Å². The van der Waals surface area contributed by atoms with Crippen molar-refractivity contribution < 1.29 is 4.79 Å². The van der Waals surface area contributed by atoms with Crippen LogP contribution in [0.2, 0.25) is 0 Å². The molecule has 98 valence electrons. The van der Waals surface area contributed by atoms with Crippen molar-refractivity contribution >= 4 is 33.2 Å². The Hall–Kier alpha value is -1.92. The highest BCUT2D eigenvalue weighted by Crippen LogP contribution is 2.26. The van der Waals surface area contributed by atoms with Gasteiger partial charge in [0, 0.05) is 10.7 Å². The van der Waals surface area contributed by atoms with Gasteiger partial charge < -0.3 is 10.7 Å². The van der Waals surface area contributed by atoms with Crippen molar-refractivity contribution in [2.75, 3.05) is 10.7 Å². The van der Waals surface area contributed by atoms with Crippen LogP contribution in [0, 0.1) is 6.92 Å². The van der Waals surface area contributed by atoms with Crippen molar-refractivity contribution in [3.63, 3.8) is 0 Å². The lowest BCUT2D eigenvalue weighted by molar-refractivity contribution is 0.102. The number of hydrogen-bond donors (Lipinski definition) is 3. The molecular weight excluding hydrogens is 308 g/mol. The van der Waals surface area contributed by atoms with Crippen LogP contribution >= 0.6 is 15.9 Å². The van der Waals surface area contributed by atoms with E-state index in [0.717, 1.165) is 10.0 Å². The topological polar surface area (TPSA) is 80.0 Å². The molecule has 1 aromatic heterocycles. The molecule has 2 rings (SSSR count). The zero-order valence-electron chi connectivity index (χ0n) is 10.3. The Kier molecular flexibility index (Phi) is 4.13. The molecule has 0 atom stereocenters. The number of aryl methyl sites for hydroxylation is 1. The fourth-order valence-corrected chi connectivity index (χ4v) is 2.00. The van der Waals surface area contributed by atoms with Crippen molar-refractivity contribution in [2.45, 2.75) is 6.92 Å². The molecule has 0 radical (unpaired) electrons. The standard InChI is InChI=1S/C13H13BrN4O/c1-8-3-2-4-10(12(8)14)17-13(19)9-5-6-16-7-11(9)18-15/h2-7,18H,15H2,1H3,(H,17,19). The molecule has 0 bridgehead atoms. The highest BCUT2D eigenvalue weighted by atomic mass is 79.9. The molecule has 1 amide bonds. The molecule has 0 unspecified atom stereocenters. The van der Waals surface area contributed by atoms with Gasteiger partial charge in [-0.25, -0.2) is 0 Å². The zero-order chi connectivity index (χ0) is 13.8. The minimum Gasteiger partial charge on any atom is -0.322 e. The summed E-state index contributed by atoms with van der Waals surface area (Å²) in [6.07, 6.45) is 3.04. The van der Waals surface area contributed by atoms with Gasteiger partial charge in [0.05, 0.1) is 23.1 Å². The molecule has 0 aliphatic rings. The van der Waals surface area contributed by atoms with E-state index in [1.807, 2.05) is 25.1 Å². The normalized spacial score (nSPS) is 10.1. The number of anilines is 2. The van der Waals surface area contributed by atoms with Gasteiger partial charge in [0.2, 0.25) is 0 Å². The number of amides is 1. The third-order valence-corrected chi connectivity index (χ3v) is 3.71. The molecule has 4 N–H and O–H groups in total. The van der Waals surface area contributed by atoms with Crippen molar-refractivity contribution in [3.05, 3.63) is 52.3 Å². The zero-order valence-corrected chi connectivity index (χ0v) is 11.9. The monoisotopic (exact) mass is 320 g/mol. The predicted molar refractivity (Wildman–Crippen MR) is 78.9 cm³/mol. The Morgan fingerprint density at radius 2 is 2.11 bits per heavy atom. The van der Waals surface area contributed by atoms with Gasteiger partial charge in [0.1, 0.15) is 0 Å². The maximum atomic E-state index is 12.2. The van der Waals surface area contributed by atoms with Crippen LogP contribution in [0.4, 0.5) is 11.4 Å². The minimum atomic E-state index is -0.248. The number of hydrazine groups is 1. The fraction of sp³-hybridized carbons (Fsp3) is 0.0769. The highest BCUT2D eigenvalue weighted by molar-refractivity contribution is 9.10. The summed E-state index contributed by atoms with van der Waals surface area (Å²) in [5.41, 5.74) is 5.12. The van der Waals surface area contributed by atoms with Crippen molar-refractivity contribution in [1.82, 2.24) is 4.98 Å². The molecule has 19 heavy (non-hydrogen) atoms. The lowest BCUT2D eigenvalue weighted by Crippen LogP contribution is -2.17. The van der Waals surface area contributed by atoms with E-state index in [1.54, 1.807) is 12.3 Å². The van der Waals surface area contributed by atoms with Crippen LogP contribution in [0.15, 0.2) is 41.1 Å². The number of nitrogens with two attached hydrogens (primary N) is 1. The van der Waals surface area contributed by atoms with E-state index in [2.05, 4.69) is 31.7 Å². The van der Waals surface area contributed by atoms with Gasteiger partial charge in [-0.05, 0) is 40.5 Å². The lowest BCUT2D eigenvalue weighted by Gasteiger charge is -2.11.